The lowest BCUT2D eigenvalue weighted by Gasteiger charge is -2.06. The molecular formula is C14H23N3OS. The van der Waals surface area contributed by atoms with Gasteiger partial charge in [-0.25, -0.2) is 4.98 Å². The van der Waals surface area contributed by atoms with Gasteiger partial charge < -0.3 is 10.6 Å². The van der Waals surface area contributed by atoms with E-state index in [-0.39, 0.29) is 5.91 Å². The number of unbranched alkanes of at least 4 members (excludes halogenated alkanes) is 2. The third-order valence-electron chi connectivity index (χ3n) is 2.69. The molecule has 106 valence electrons. The van der Waals surface area contributed by atoms with E-state index in [9.17, 15) is 4.79 Å². The van der Waals surface area contributed by atoms with E-state index in [2.05, 4.69) is 21.9 Å². The van der Waals surface area contributed by atoms with Crippen molar-refractivity contribution in [2.24, 2.45) is 0 Å². The van der Waals surface area contributed by atoms with Gasteiger partial charge in [-0.1, -0.05) is 6.42 Å². The van der Waals surface area contributed by atoms with Gasteiger partial charge in [-0.3, -0.25) is 4.79 Å². The summed E-state index contributed by atoms with van der Waals surface area (Å²) in [7, 11) is 0. The van der Waals surface area contributed by atoms with E-state index < -0.39 is 0 Å². The van der Waals surface area contributed by atoms with E-state index in [4.69, 9.17) is 0 Å². The number of amides is 1. The minimum atomic E-state index is -0.0899. The average molecular weight is 281 g/mol. The Morgan fingerprint density at radius 3 is 2.79 bits per heavy atom. The molecule has 0 fully saturated rings. The van der Waals surface area contributed by atoms with Gasteiger partial charge in [-0.05, 0) is 43.9 Å². The van der Waals surface area contributed by atoms with Gasteiger partial charge in [-0.15, -0.1) is 0 Å². The summed E-state index contributed by atoms with van der Waals surface area (Å²) in [5.74, 6) is 1.11. The number of hydrogen-bond donors (Lipinski definition) is 2. The van der Waals surface area contributed by atoms with Gasteiger partial charge in [0.05, 0.1) is 11.9 Å². The second-order valence-electron chi connectivity index (χ2n) is 4.27. The van der Waals surface area contributed by atoms with Crippen LogP contribution in [0.15, 0.2) is 18.3 Å². The molecule has 4 nitrogen and oxygen atoms in total. The molecule has 0 aliphatic rings. The van der Waals surface area contributed by atoms with Crippen molar-refractivity contribution in [3.05, 3.63) is 24.0 Å². The average Bonchev–Trinajstić information content (AvgIpc) is 2.43. The Hall–Kier alpha value is -1.23. The first kappa shape index (κ1) is 15.8. The third kappa shape index (κ3) is 6.47. The number of thioether (sulfide) groups is 1. The molecule has 0 aromatic carbocycles. The van der Waals surface area contributed by atoms with Crippen LogP contribution in [0.5, 0.6) is 0 Å². The summed E-state index contributed by atoms with van der Waals surface area (Å²) in [6, 6.07) is 3.63. The predicted molar refractivity (Wildman–Crippen MR) is 83.0 cm³/mol. The van der Waals surface area contributed by atoms with Crippen LogP contribution < -0.4 is 10.6 Å². The lowest BCUT2D eigenvalue weighted by molar-refractivity contribution is 0.0948. The molecule has 0 aliphatic carbocycles. The van der Waals surface area contributed by atoms with Crippen LogP contribution in [0.4, 0.5) is 5.69 Å². The summed E-state index contributed by atoms with van der Waals surface area (Å²) in [6.07, 6.45) is 7.21. The van der Waals surface area contributed by atoms with E-state index in [0.29, 0.717) is 5.69 Å². The highest BCUT2D eigenvalue weighted by molar-refractivity contribution is 7.98. The summed E-state index contributed by atoms with van der Waals surface area (Å²) in [4.78, 5) is 16.0. The molecule has 1 heterocycles. The number of anilines is 1. The van der Waals surface area contributed by atoms with E-state index in [1.807, 2.05) is 24.8 Å². The fourth-order valence-electron chi connectivity index (χ4n) is 1.68. The highest BCUT2D eigenvalue weighted by atomic mass is 32.2. The lowest BCUT2D eigenvalue weighted by Crippen LogP contribution is -2.25. The first-order chi connectivity index (χ1) is 9.27. The molecule has 0 unspecified atom stereocenters. The Balaban J connectivity index is 2.25. The van der Waals surface area contributed by atoms with Crippen molar-refractivity contribution >= 4 is 23.4 Å². The van der Waals surface area contributed by atoms with Crippen molar-refractivity contribution in [2.45, 2.75) is 26.2 Å². The summed E-state index contributed by atoms with van der Waals surface area (Å²) in [5.41, 5.74) is 1.42. The highest BCUT2D eigenvalue weighted by Crippen LogP contribution is 2.06. The van der Waals surface area contributed by atoms with Crippen molar-refractivity contribution in [2.75, 3.05) is 30.4 Å². The zero-order valence-corrected chi connectivity index (χ0v) is 12.6. The molecule has 1 aromatic heterocycles. The van der Waals surface area contributed by atoms with E-state index in [1.54, 1.807) is 12.3 Å². The summed E-state index contributed by atoms with van der Waals surface area (Å²) < 4.78 is 0. The number of carbonyl (C=O) groups excluding carboxylic acids is 1. The van der Waals surface area contributed by atoms with E-state index >= 15 is 0 Å². The molecule has 1 aromatic rings. The fourth-order valence-corrected chi connectivity index (χ4v) is 2.17. The second-order valence-corrected chi connectivity index (χ2v) is 5.26. The number of hydrogen-bond acceptors (Lipinski definition) is 4. The molecule has 1 amide bonds. The predicted octanol–water partition coefficient (Wildman–Crippen LogP) is 2.78. The van der Waals surface area contributed by atoms with Gasteiger partial charge in [0.1, 0.15) is 5.69 Å². The minimum absolute atomic E-state index is 0.0899. The summed E-state index contributed by atoms with van der Waals surface area (Å²) >= 11 is 1.86. The SMILES string of the molecule is CCNc1ccc(C(=O)NCCCCCSC)nc1. The van der Waals surface area contributed by atoms with Crippen molar-refractivity contribution < 1.29 is 4.79 Å². The van der Waals surface area contributed by atoms with Gasteiger partial charge in [0.2, 0.25) is 0 Å². The molecule has 2 N–H and O–H groups in total. The highest BCUT2D eigenvalue weighted by Gasteiger charge is 2.05. The smallest absolute Gasteiger partial charge is 0.269 e. The number of pyridine rings is 1. The summed E-state index contributed by atoms with van der Waals surface area (Å²) in [6.45, 7) is 3.60. The summed E-state index contributed by atoms with van der Waals surface area (Å²) in [5, 5.41) is 6.05. The quantitative estimate of drug-likeness (QED) is 0.683. The van der Waals surface area contributed by atoms with Crippen LogP contribution in [-0.2, 0) is 0 Å². The standard InChI is InChI=1S/C14H23N3OS/c1-3-15-12-7-8-13(17-11-12)14(18)16-9-5-4-6-10-19-2/h7-8,11,15H,3-6,9-10H2,1-2H3,(H,16,18). The van der Waals surface area contributed by atoms with Crippen LogP contribution in [0, 0.1) is 0 Å². The van der Waals surface area contributed by atoms with Gasteiger partial charge in [0.25, 0.3) is 5.91 Å². The number of rotatable bonds is 9. The molecular weight excluding hydrogens is 258 g/mol. The molecule has 0 saturated carbocycles. The zero-order chi connectivity index (χ0) is 13.9. The molecule has 0 spiro atoms. The molecule has 0 atom stereocenters. The van der Waals surface area contributed by atoms with Gasteiger partial charge >= 0.3 is 0 Å². The molecule has 0 aliphatic heterocycles. The Kier molecular flexibility index (Phi) is 8.05. The van der Waals surface area contributed by atoms with Crippen molar-refractivity contribution in [1.82, 2.24) is 10.3 Å². The topological polar surface area (TPSA) is 54.0 Å². The Morgan fingerprint density at radius 2 is 2.16 bits per heavy atom. The van der Waals surface area contributed by atoms with Crippen LogP contribution in [0.1, 0.15) is 36.7 Å². The second kappa shape index (κ2) is 9.67. The van der Waals surface area contributed by atoms with Crippen LogP contribution in [0.25, 0.3) is 0 Å². The third-order valence-corrected chi connectivity index (χ3v) is 3.38. The molecule has 5 heteroatoms. The zero-order valence-electron chi connectivity index (χ0n) is 11.7. The number of nitrogens with one attached hydrogen (secondary N) is 2. The maximum atomic E-state index is 11.8. The maximum Gasteiger partial charge on any atom is 0.269 e. The Bertz CT molecular complexity index is 367. The van der Waals surface area contributed by atoms with Crippen molar-refractivity contribution in [3.8, 4) is 0 Å². The first-order valence-corrected chi connectivity index (χ1v) is 8.14. The Labute approximate surface area is 119 Å². The minimum Gasteiger partial charge on any atom is -0.384 e. The van der Waals surface area contributed by atoms with Crippen molar-refractivity contribution in [3.63, 3.8) is 0 Å². The van der Waals surface area contributed by atoms with Crippen LogP contribution >= 0.6 is 11.8 Å². The molecule has 19 heavy (non-hydrogen) atoms. The van der Waals surface area contributed by atoms with Crippen LogP contribution in [-0.4, -0.2) is 36.0 Å². The van der Waals surface area contributed by atoms with E-state index in [1.165, 1.54) is 12.2 Å². The molecule has 0 bridgehead atoms. The monoisotopic (exact) mass is 281 g/mol. The first-order valence-electron chi connectivity index (χ1n) is 6.75. The molecule has 0 radical (unpaired) electrons. The van der Waals surface area contributed by atoms with Crippen molar-refractivity contribution in [1.29, 1.82) is 0 Å². The largest absolute Gasteiger partial charge is 0.384 e. The number of nitrogens with zero attached hydrogens (tertiary/aromatic N) is 1. The lowest BCUT2D eigenvalue weighted by atomic mass is 10.2. The fraction of sp³-hybridized carbons (Fsp3) is 0.571. The maximum absolute atomic E-state index is 11.8. The van der Waals surface area contributed by atoms with Gasteiger partial charge in [0, 0.05) is 13.1 Å². The van der Waals surface area contributed by atoms with Crippen LogP contribution in [0.3, 0.4) is 0 Å². The van der Waals surface area contributed by atoms with Gasteiger partial charge in [-0.2, -0.15) is 11.8 Å². The number of carbonyl (C=O) groups is 1. The Morgan fingerprint density at radius 1 is 1.32 bits per heavy atom. The molecule has 1 rings (SSSR count). The normalized spacial score (nSPS) is 10.2. The van der Waals surface area contributed by atoms with E-state index in [0.717, 1.165) is 31.6 Å². The van der Waals surface area contributed by atoms with Crippen LogP contribution in [0.2, 0.25) is 0 Å². The molecule has 0 saturated heterocycles. The van der Waals surface area contributed by atoms with Gasteiger partial charge in [0.15, 0.2) is 0 Å². The number of aromatic nitrogens is 1.